The third-order valence-corrected chi connectivity index (χ3v) is 7.10. The van der Waals surface area contributed by atoms with Gasteiger partial charge < -0.3 is 15.0 Å². The van der Waals surface area contributed by atoms with Crippen LogP contribution >= 0.6 is 0 Å². The maximum absolute atomic E-state index is 13.9. The van der Waals surface area contributed by atoms with Crippen molar-refractivity contribution in [3.63, 3.8) is 0 Å². The highest BCUT2D eigenvalue weighted by Gasteiger charge is 2.32. The molecule has 7 nitrogen and oxygen atoms in total. The van der Waals surface area contributed by atoms with Gasteiger partial charge in [0.15, 0.2) is 0 Å². The van der Waals surface area contributed by atoms with E-state index in [1.165, 1.54) is 22.5 Å². The summed E-state index contributed by atoms with van der Waals surface area (Å²) in [6.45, 7) is 4.48. The van der Waals surface area contributed by atoms with Crippen molar-refractivity contribution in [1.29, 1.82) is 0 Å². The summed E-state index contributed by atoms with van der Waals surface area (Å²) in [6.07, 6.45) is 0. The van der Waals surface area contributed by atoms with Crippen LogP contribution in [-0.4, -0.2) is 56.9 Å². The molecule has 0 bridgehead atoms. The van der Waals surface area contributed by atoms with E-state index in [1.54, 1.807) is 12.0 Å². The molecule has 3 rings (SSSR count). The number of hydrogen-bond donors (Lipinski definition) is 1. The van der Waals surface area contributed by atoms with Gasteiger partial charge in [-0.1, -0.05) is 29.8 Å². The number of nitrogens with one attached hydrogen (secondary N) is 1. The largest absolute Gasteiger partial charge is 0.496 e. The average molecular weight is 436 g/mol. The van der Waals surface area contributed by atoms with E-state index in [1.807, 2.05) is 32.0 Å². The molecule has 1 N–H and O–H groups in total. The van der Waals surface area contributed by atoms with E-state index in [4.69, 9.17) is 4.74 Å². The molecule has 0 saturated carbocycles. The third-order valence-electron chi connectivity index (χ3n) is 5.17. The number of benzene rings is 2. The maximum atomic E-state index is 13.9. The van der Waals surface area contributed by atoms with Gasteiger partial charge in [0.1, 0.15) is 16.5 Å². The zero-order valence-corrected chi connectivity index (χ0v) is 18.1. The molecule has 2 amide bonds. The van der Waals surface area contributed by atoms with Crippen LogP contribution in [0.15, 0.2) is 47.4 Å². The quantitative estimate of drug-likeness (QED) is 0.783. The number of sulfonamides is 1. The highest BCUT2D eigenvalue weighted by atomic mass is 32.2. The molecule has 1 atom stereocenters. The van der Waals surface area contributed by atoms with Gasteiger partial charge >= 0.3 is 6.03 Å². The van der Waals surface area contributed by atoms with E-state index >= 15 is 0 Å². The minimum atomic E-state index is -3.94. The van der Waals surface area contributed by atoms with Crippen molar-refractivity contribution in [2.24, 2.45) is 0 Å². The minimum Gasteiger partial charge on any atom is -0.496 e. The molecular formula is C21H26FN3O4S. The summed E-state index contributed by atoms with van der Waals surface area (Å²) in [5.74, 6) is -0.0900. The molecule has 9 heteroatoms. The Balaban J connectivity index is 1.63. The van der Waals surface area contributed by atoms with E-state index in [2.05, 4.69) is 5.32 Å². The summed E-state index contributed by atoms with van der Waals surface area (Å²) < 4.78 is 45.9. The molecule has 2 aromatic carbocycles. The van der Waals surface area contributed by atoms with Crippen LogP contribution in [0.5, 0.6) is 5.75 Å². The van der Waals surface area contributed by atoms with Crippen LogP contribution < -0.4 is 10.1 Å². The lowest BCUT2D eigenvalue weighted by atomic mass is 10.0. The molecule has 1 unspecified atom stereocenters. The Kier molecular flexibility index (Phi) is 6.62. The van der Waals surface area contributed by atoms with Gasteiger partial charge in [-0.05, 0) is 32.0 Å². The second-order valence-corrected chi connectivity index (χ2v) is 9.14. The normalized spacial score (nSPS) is 16.2. The summed E-state index contributed by atoms with van der Waals surface area (Å²) in [6, 6.07) is 10.5. The van der Waals surface area contributed by atoms with Gasteiger partial charge in [-0.3, -0.25) is 0 Å². The first-order chi connectivity index (χ1) is 14.2. The molecule has 1 heterocycles. The summed E-state index contributed by atoms with van der Waals surface area (Å²) in [4.78, 5) is 13.9. The number of ether oxygens (including phenoxy) is 1. The standard InChI is InChI=1S/C21H26FN3O4S/c1-15-8-9-19(29-3)17(14-15)16(2)23-21(26)24-10-12-25(13-11-24)30(27,28)20-7-5-4-6-18(20)22/h4-9,14,16H,10-13H2,1-3H3,(H,23,26). The van der Waals surface area contributed by atoms with Gasteiger partial charge in [0.2, 0.25) is 10.0 Å². The number of amides is 2. The van der Waals surface area contributed by atoms with E-state index in [9.17, 15) is 17.6 Å². The SMILES string of the molecule is COc1ccc(C)cc1C(C)NC(=O)N1CCN(S(=O)(=O)c2ccccc2F)CC1. The van der Waals surface area contributed by atoms with Crippen molar-refractivity contribution in [3.05, 3.63) is 59.4 Å². The zero-order chi connectivity index (χ0) is 21.9. The van der Waals surface area contributed by atoms with Crippen LogP contribution in [0.25, 0.3) is 0 Å². The van der Waals surface area contributed by atoms with Crippen molar-refractivity contribution in [1.82, 2.24) is 14.5 Å². The Morgan fingerprint density at radius 1 is 1.13 bits per heavy atom. The molecule has 2 aromatic rings. The van der Waals surface area contributed by atoms with Crippen molar-refractivity contribution in [2.45, 2.75) is 24.8 Å². The summed E-state index contributed by atoms with van der Waals surface area (Å²) in [5.41, 5.74) is 1.92. The fourth-order valence-corrected chi connectivity index (χ4v) is 4.96. The number of rotatable bonds is 5. The van der Waals surface area contributed by atoms with Crippen molar-refractivity contribution < 1.29 is 22.3 Å². The number of hydrogen-bond acceptors (Lipinski definition) is 4. The van der Waals surface area contributed by atoms with E-state index in [-0.39, 0.29) is 43.1 Å². The number of halogens is 1. The monoisotopic (exact) mass is 435 g/mol. The predicted octanol–water partition coefficient (Wildman–Crippen LogP) is 2.92. The molecule has 162 valence electrons. The number of carbonyl (C=O) groups is 1. The van der Waals surface area contributed by atoms with Crippen molar-refractivity contribution in [2.75, 3.05) is 33.3 Å². The van der Waals surface area contributed by atoms with Gasteiger partial charge in [-0.2, -0.15) is 4.31 Å². The first-order valence-electron chi connectivity index (χ1n) is 9.68. The zero-order valence-electron chi connectivity index (χ0n) is 17.3. The fourth-order valence-electron chi connectivity index (χ4n) is 3.47. The van der Waals surface area contributed by atoms with Crippen molar-refractivity contribution >= 4 is 16.1 Å². The molecule has 1 aliphatic rings. The number of piperazine rings is 1. The molecule has 1 aliphatic heterocycles. The van der Waals surface area contributed by atoms with E-state index < -0.39 is 15.8 Å². The Labute approximate surface area is 176 Å². The Hall–Kier alpha value is -2.65. The maximum Gasteiger partial charge on any atom is 0.317 e. The lowest BCUT2D eigenvalue weighted by Crippen LogP contribution is -2.53. The van der Waals surface area contributed by atoms with Crippen molar-refractivity contribution in [3.8, 4) is 5.75 Å². The topological polar surface area (TPSA) is 79.0 Å². The lowest BCUT2D eigenvalue weighted by molar-refractivity contribution is 0.169. The predicted molar refractivity (Wildman–Crippen MR) is 111 cm³/mol. The van der Waals surface area contributed by atoms with E-state index in [0.717, 1.165) is 17.2 Å². The number of methoxy groups -OCH3 is 1. The van der Waals surface area contributed by atoms with Crippen LogP contribution in [-0.2, 0) is 10.0 Å². The van der Waals surface area contributed by atoms with Crippen LogP contribution in [0.2, 0.25) is 0 Å². The molecular weight excluding hydrogens is 409 g/mol. The molecule has 0 aromatic heterocycles. The van der Waals surface area contributed by atoms with Gasteiger partial charge in [-0.15, -0.1) is 0 Å². The number of aryl methyl sites for hydroxylation is 1. The smallest absolute Gasteiger partial charge is 0.317 e. The first-order valence-corrected chi connectivity index (χ1v) is 11.1. The van der Waals surface area contributed by atoms with Gasteiger partial charge in [-0.25, -0.2) is 17.6 Å². The molecule has 1 saturated heterocycles. The molecule has 0 radical (unpaired) electrons. The highest BCUT2D eigenvalue weighted by molar-refractivity contribution is 7.89. The summed E-state index contributed by atoms with van der Waals surface area (Å²) >= 11 is 0. The number of urea groups is 1. The number of carbonyl (C=O) groups excluding carboxylic acids is 1. The molecule has 30 heavy (non-hydrogen) atoms. The second kappa shape index (κ2) is 9.01. The van der Waals surface area contributed by atoms with Crippen LogP contribution in [0.3, 0.4) is 0 Å². The Morgan fingerprint density at radius 2 is 1.80 bits per heavy atom. The van der Waals surface area contributed by atoms with Gasteiger partial charge in [0.25, 0.3) is 0 Å². The molecule has 0 aliphatic carbocycles. The lowest BCUT2D eigenvalue weighted by Gasteiger charge is -2.34. The molecule has 1 fully saturated rings. The first kappa shape index (κ1) is 22.0. The van der Waals surface area contributed by atoms with Gasteiger partial charge in [0, 0.05) is 31.7 Å². The second-order valence-electron chi connectivity index (χ2n) is 7.24. The third kappa shape index (κ3) is 4.57. The average Bonchev–Trinajstić information content (AvgIpc) is 2.74. The van der Waals surface area contributed by atoms with Crippen LogP contribution in [0, 0.1) is 12.7 Å². The van der Waals surface area contributed by atoms with Crippen LogP contribution in [0.4, 0.5) is 9.18 Å². The fraction of sp³-hybridized carbons (Fsp3) is 0.381. The Morgan fingerprint density at radius 3 is 2.43 bits per heavy atom. The summed E-state index contributed by atoms with van der Waals surface area (Å²) in [7, 11) is -2.36. The van der Waals surface area contributed by atoms with E-state index in [0.29, 0.717) is 5.75 Å². The summed E-state index contributed by atoms with van der Waals surface area (Å²) in [5, 5.41) is 2.94. The highest BCUT2D eigenvalue weighted by Crippen LogP contribution is 2.26. The van der Waals surface area contributed by atoms with Gasteiger partial charge in [0.05, 0.1) is 13.2 Å². The number of nitrogens with zero attached hydrogens (tertiary/aromatic N) is 2. The Bertz CT molecular complexity index is 1020. The minimum absolute atomic E-state index is 0.103. The molecule has 0 spiro atoms. The van der Waals surface area contributed by atoms with Crippen LogP contribution in [0.1, 0.15) is 24.1 Å².